The van der Waals surface area contributed by atoms with Crippen LogP contribution in [0.25, 0.3) is 0 Å². The van der Waals surface area contributed by atoms with E-state index in [0.29, 0.717) is 6.07 Å². The van der Waals surface area contributed by atoms with Crippen molar-refractivity contribution in [3.05, 3.63) is 35.4 Å². The fourth-order valence-electron chi connectivity index (χ4n) is 3.32. The molecule has 0 saturated carbocycles. The first-order chi connectivity index (χ1) is 15.6. The summed E-state index contributed by atoms with van der Waals surface area (Å²) in [6.45, 7) is 3.84. The number of hydrogen-bond donors (Lipinski definition) is 0. The van der Waals surface area contributed by atoms with E-state index in [2.05, 4.69) is 0 Å². The van der Waals surface area contributed by atoms with Gasteiger partial charge in [-0.3, -0.25) is 9.80 Å². The van der Waals surface area contributed by atoms with Crippen molar-refractivity contribution in [2.24, 2.45) is 0 Å². The number of ether oxygens (including phenoxy) is 3. The lowest BCUT2D eigenvalue weighted by Crippen LogP contribution is -2.45. The summed E-state index contributed by atoms with van der Waals surface area (Å²) in [5, 5.41) is 0. The minimum Gasteiger partial charge on any atom is -0.467 e. The highest BCUT2D eigenvalue weighted by Gasteiger charge is 2.46. The highest BCUT2D eigenvalue weighted by molar-refractivity contribution is 6.67. The number of methoxy groups -OCH3 is 1. The van der Waals surface area contributed by atoms with E-state index in [-0.39, 0.29) is 25.1 Å². The van der Waals surface area contributed by atoms with E-state index in [0.717, 1.165) is 29.0 Å². The zero-order chi connectivity index (χ0) is 25.8. The standard InChI is InChI=1S/C21H25Cl3F2N2O6/c1-20(2,3)34-19(31)28-10-14(8-16(28)17(29)32-4)27(18(30)33-11-21(22,23)24)9-12-5-6-13(25)7-15(12)26/h5-7,14,16H,8-11H2,1-4H3/t14-,16+/m1/s1. The van der Waals surface area contributed by atoms with Gasteiger partial charge in [0.15, 0.2) is 0 Å². The first kappa shape index (κ1) is 28.2. The Morgan fingerprint density at radius 1 is 1.18 bits per heavy atom. The number of alkyl halides is 3. The largest absolute Gasteiger partial charge is 0.467 e. The molecule has 190 valence electrons. The van der Waals surface area contributed by atoms with E-state index in [1.165, 1.54) is 0 Å². The highest BCUT2D eigenvalue weighted by atomic mass is 35.6. The van der Waals surface area contributed by atoms with Gasteiger partial charge in [-0.25, -0.2) is 23.2 Å². The van der Waals surface area contributed by atoms with Gasteiger partial charge in [-0.15, -0.1) is 0 Å². The Morgan fingerprint density at radius 2 is 1.82 bits per heavy atom. The van der Waals surface area contributed by atoms with Crippen molar-refractivity contribution in [3.8, 4) is 0 Å². The van der Waals surface area contributed by atoms with Crippen molar-refractivity contribution in [1.82, 2.24) is 9.80 Å². The van der Waals surface area contributed by atoms with E-state index < -0.39 is 57.9 Å². The molecule has 1 aromatic carbocycles. The molecule has 34 heavy (non-hydrogen) atoms. The van der Waals surface area contributed by atoms with Crippen LogP contribution < -0.4 is 0 Å². The highest BCUT2D eigenvalue weighted by Crippen LogP contribution is 2.30. The SMILES string of the molecule is COC(=O)[C@@H]1C[C@@H](N(Cc2ccc(F)cc2F)C(=O)OCC(Cl)(Cl)Cl)CN1C(=O)OC(C)(C)C. The summed E-state index contributed by atoms with van der Waals surface area (Å²) in [5.74, 6) is -2.42. The maximum absolute atomic E-state index is 14.3. The van der Waals surface area contributed by atoms with Crippen molar-refractivity contribution >= 4 is 53.0 Å². The third kappa shape index (κ3) is 8.02. The van der Waals surface area contributed by atoms with Crippen LogP contribution in [0.4, 0.5) is 18.4 Å². The van der Waals surface area contributed by atoms with Crippen molar-refractivity contribution in [2.75, 3.05) is 20.3 Å². The van der Waals surface area contributed by atoms with Gasteiger partial charge >= 0.3 is 18.2 Å². The maximum Gasteiger partial charge on any atom is 0.411 e. The predicted molar refractivity (Wildman–Crippen MR) is 121 cm³/mol. The number of rotatable bonds is 5. The molecule has 1 aliphatic rings. The van der Waals surface area contributed by atoms with Gasteiger partial charge in [-0.05, 0) is 26.8 Å². The first-order valence-corrected chi connectivity index (χ1v) is 11.3. The summed E-state index contributed by atoms with van der Waals surface area (Å²) in [6, 6.07) is 0.953. The number of hydrogen-bond acceptors (Lipinski definition) is 6. The fourth-order valence-corrected chi connectivity index (χ4v) is 3.49. The molecule has 0 bridgehead atoms. The zero-order valence-corrected chi connectivity index (χ0v) is 21.2. The molecule has 1 aliphatic heterocycles. The Hall–Kier alpha value is -2.04. The monoisotopic (exact) mass is 544 g/mol. The van der Waals surface area contributed by atoms with E-state index >= 15 is 0 Å². The van der Waals surface area contributed by atoms with Gasteiger partial charge in [0.25, 0.3) is 0 Å². The molecular formula is C21H25Cl3F2N2O6. The minimum atomic E-state index is -1.91. The van der Waals surface area contributed by atoms with E-state index in [4.69, 9.17) is 49.0 Å². The average molecular weight is 546 g/mol. The molecule has 8 nitrogen and oxygen atoms in total. The number of amides is 2. The summed E-state index contributed by atoms with van der Waals surface area (Å²) >= 11 is 17.0. The molecule has 13 heteroatoms. The first-order valence-electron chi connectivity index (χ1n) is 10.1. The van der Waals surface area contributed by atoms with Gasteiger partial charge < -0.3 is 14.2 Å². The lowest BCUT2D eigenvalue weighted by molar-refractivity contribution is -0.145. The van der Waals surface area contributed by atoms with Gasteiger partial charge in [-0.1, -0.05) is 40.9 Å². The fraction of sp³-hybridized carbons (Fsp3) is 0.571. The number of carbonyl (C=O) groups excluding carboxylic acids is 3. The molecule has 2 rings (SSSR count). The predicted octanol–water partition coefficient (Wildman–Crippen LogP) is 4.82. The molecule has 1 heterocycles. The molecule has 0 aliphatic carbocycles. The number of likely N-dealkylation sites (tertiary alicyclic amines) is 1. The van der Waals surface area contributed by atoms with Crippen LogP contribution in [0, 0.1) is 11.6 Å². The van der Waals surface area contributed by atoms with Crippen molar-refractivity contribution in [2.45, 2.75) is 55.2 Å². The topological polar surface area (TPSA) is 85.4 Å². The normalized spacial score (nSPS) is 18.4. The van der Waals surface area contributed by atoms with Gasteiger partial charge in [0.1, 0.15) is 29.9 Å². The van der Waals surface area contributed by atoms with Crippen LogP contribution in [0.3, 0.4) is 0 Å². The number of halogens is 5. The average Bonchev–Trinajstić information content (AvgIpc) is 3.14. The van der Waals surface area contributed by atoms with Gasteiger partial charge in [0.05, 0.1) is 19.7 Å². The Bertz CT molecular complexity index is 923. The quantitative estimate of drug-likeness (QED) is 0.299. The van der Waals surface area contributed by atoms with Crippen LogP contribution in [0.1, 0.15) is 32.8 Å². The number of benzene rings is 1. The van der Waals surface area contributed by atoms with Crippen LogP contribution in [0.2, 0.25) is 0 Å². The second-order valence-corrected chi connectivity index (χ2v) is 11.1. The molecule has 0 aromatic heterocycles. The molecule has 2 atom stereocenters. The maximum atomic E-state index is 14.3. The summed E-state index contributed by atoms with van der Waals surface area (Å²) in [6.07, 6.45) is -1.85. The van der Waals surface area contributed by atoms with Crippen LogP contribution in [-0.4, -0.2) is 69.7 Å². The zero-order valence-electron chi connectivity index (χ0n) is 18.9. The molecule has 2 amide bonds. The minimum absolute atomic E-state index is 0.0300. The summed E-state index contributed by atoms with van der Waals surface area (Å²) in [7, 11) is 1.16. The Balaban J connectivity index is 2.36. The summed E-state index contributed by atoms with van der Waals surface area (Å²) in [4.78, 5) is 40.2. The smallest absolute Gasteiger partial charge is 0.411 e. The van der Waals surface area contributed by atoms with Gasteiger partial charge in [-0.2, -0.15) is 0 Å². The summed E-state index contributed by atoms with van der Waals surface area (Å²) < 4.78 is 41.0. The van der Waals surface area contributed by atoms with E-state index in [1.54, 1.807) is 20.8 Å². The van der Waals surface area contributed by atoms with Crippen molar-refractivity contribution < 1.29 is 37.4 Å². The number of carbonyl (C=O) groups is 3. The molecular weight excluding hydrogens is 521 g/mol. The van der Waals surface area contributed by atoms with Crippen molar-refractivity contribution in [1.29, 1.82) is 0 Å². The molecule has 1 aromatic rings. The van der Waals surface area contributed by atoms with Gasteiger partial charge in [0, 0.05) is 24.6 Å². The van der Waals surface area contributed by atoms with E-state index in [1.807, 2.05) is 0 Å². The molecule has 0 radical (unpaired) electrons. The molecule has 1 saturated heterocycles. The lowest BCUT2D eigenvalue weighted by atomic mass is 10.1. The number of esters is 1. The van der Waals surface area contributed by atoms with Gasteiger partial charge in [0.2, 0.25) is 3.79 Å². The Labute approximate surface area is 210 Å². The van der Waals surface area contributed by atoms with Crippen LogP contribution in [0.15, 0.2) is 18.2 Å². The van der Waals surface area contributed by atoms with Crippen LogP contribution in [-0.2, 0) is 25.5 Å². The third-order valence-electron chi connectivity index (χ3n) is 4.77. The van der Waals surface area contributed by atoms with Crippen LogP contribution in [0.5, 0.6) is 0 Å². The third-order valence-corrected chi connectivity index (χ3v) is 5.10. The number of nitrogens with zero attached hydrogens (tertiary/aromatic N) is 2. The Kier molecular flexibility index (Phi) is 9.23. The lowest BCUT2D eigenvalue weighted by Gasteiger charge is -2.29. The van der Waals surface area contributed by atoms with E-state index in [9.17, 15) is 23.2 Å². The molecule has 0 spiro atoms. The summed E-state index contributed by atoms with van der Waals surface area (Å²) in [5.41, 5.74) is -0.881. The second-order valence-electron chi connectivity index (χ2n) is 8.59. The van der Waals surface area contributed by atoms with Crippen LogP contribution >= 0.6 is 34.8 Å². The molecule has 0 unspecified atom stereocenters. The Morgan fingerprint density at radius 3 is 2.35 bits per heavy atom. The second kappa shape index (κ2) is 11.1. The molecule has 1 fully saturated rings. The van der Waals surface area contributed by atoms with Crippen molar-refractivity contribution in [3.63, 3.8) is 0 Å². The molecule has 0 N–H and O–H groups in total.